The number of rotatable bonds is 3. The summed E-state index contributed by atoms with van der Waals surface area (Å²) in [6, 6.07) is 1.22. The summed E-state index contributed by atoms with van der Waals surface area (Å²) in [7, 11) is 1.40. The number of halogens is 2. The Kier molecular flexibility index (Phi) is 4.42. The van der Waals surface area contributed by atoms with Crippen LogP contribution in [0.25, 0.3) is 0 Å². The number of hydrogen-bond acceptors (Lipinski definition) is 4. The molecule has 2 N–H and O–H groups in total. The van der Waals surface area contributed by atoms with E-state index in [4.69, 9.17) is 4.74 Å². The molecule has 1 heterocycles. The molecule has 1 aliphatic rings. The number of nitrogens with one attached hydrogen (secondary N) is 1. The number of phenolic OH excluding ortho intramolecular Hbond substituents is 1. The molecule has 18 heavy (non-hydrogen) atoms. The van der Waals surface area contributed by atoms with Crippen molar-refractivity contribution in [3.8, 4) is 11.5 Å². The molecule has 0 unspecified atom stereocenters. The maximum absolute atomic E-state index is 14.0. The first-order valence-corrected chi connectivity index (χ1v) is 6.59. The molecule has 1 fully saturated rings. The number of benzene rings is 1. The summed E-state index contributed by atoms with van der Waals surface area (Å²) in [6.07, 6.45) is 0. The van der Waals surface area contributed by atoms with Gasteiger partial charge in [-0.25, -0.2) is 4.39 Å². The van der Waals surface area contributed by atoms with Crippen molar-refractivity contribution in [2.75, 3.05) is 33.3 Å². The lowest BCUT2D eigenvalue weighted by molar-refractivity contribution is 0.229. The molecule has 0 saturated carbocycles. The lowest BCUT2D eigenvalue weighted by Crippen LogP contribution is -2.43. The second-order valence-electron chi connectivity index (χ2n) is 4.23. The van der Waals surface area contributed by atoms with Crippen LogP contribution in [-0.4, -0.2) is 43.3 Å². The summed E-state index contributed by atoms with van der Waals surface area (Å²) >= 11 is 3.24. The number of methoxy groups -OCH3 is 1. The molecule has 1 aliphatic heterocycles. The number of phenols is 1. The van der Waals surface area contributed by atoms with Crippen molar-refractivity contribution in [2.45, 2.75) is 6.54 Å². The first kappa shape index (κ1) is 13.6. The number of ether oxygens (including phenoxy) is 1. The Balaban J connectivity index is 2.24. The second kappa shape index (κ2) is 5.86. The zero-order valence-electron chi connectivity index (χ0n) is 10.2. The maximum atomic E-state index is 14.0. The fourth-order valence-electron chi connectivity index (χ4n) is 2.02. The summed E-state index contributed by atoms with van der Waals surface area (Å²) < 4.78 is 19.3. The van der Waals surface area contributed by atoms with Gasteiger partial charge in [0, 0.05) is 44.4 Å². The average Bonchev–Trinajstić information content (AvgIpc) is 2.40. The fraction of sp³-hybridized carbons (Fsp3) is 0.500. The Morgan fingerprint density at radius 2 is 2.17 bits per heavy atom. The van der Waals surface area contributed by atoms with E-state index in [0.717, 1.165) is 26.2 Å². The van der Waals surface area contributed by atoms with Crippen molar-refractivity contribution >= 4 is 15.9 Å². The summed E-state index contributed by atoms with van der Waals surface area (Å²) in [5.74, 6) is -0.275. The molecule has 0 radical (unpaired) electrons. The van der Waals surface area contributed by atoms with E-state index in [9.17, 15) is 9.50 Å². The van der Waals surface area contributed by atoms with Crippen molar-refractivity contribution < 1.29 is 14.2 Å². The summed E-state index contributed by atoms with van der Waals surface area (Å²) in [4.78, 5) is 2.14. The van der Waals surface area contributed by atoms with Gasteiger partial charge >= 0.3 is 0 Å². The number of aromatic hydroxyl groups is 1. The molecule has 2 rings (SSSR count). The Bertz CT molecular complexity index is 437. The van der Waals surface area contributed by atoms with Gasteiger partial charge in [-0.05, 0) is 15.9 Å². The molecular weight excluding hydrogens is 303 g/mol. The summed E-state index contributed by atoms with van der Waals surface area (Å²) in [5, 5.41) is 13.1. The molecule has 1 saturated heterocycles. The third-order valence-electron chi connectivity index (χ3n) is 3.06. The molecule has 0 spiro atoms. The maximum Gasteiger partial charge on any atom is 0.172 e. The second-order valence-corrected chi connectivity index (χ2v) is 5.02. The first-order chi connectivity index (χ1) is 8.63. The molecule has 0 bridgehead atoms. The summed E-state index contributed by atoms with van der Waals surface area (Å²) in [5.41, 5.74) is 0.468. The Morgan fingerprint density at radius 3 is 2.78 bits per heavy atom. The lowest BCUT2D eigenvalue weighted by Gasteiger charge is -2.27. The highest BCUT2D eigenvalue weighted by Crippen LogP contribution is 2.38. The van der Waals surface area contributed by atoms with Crippen LogP contribution in [0.3, 0.4) is 0 Å². The van der Waals surface area contributed by atoms with Crippen LogP contribution in [0.15, 0.2) is 10.5 Å². The van der Waals surface area contributed by atoms with Crippen LogP contribution in [0.1, 0.15) is 5.56 Å². The molecule has 0 amide bonds. The van der Waals surface area contributed by atoms with Crippen LogP contribution in [0.5, 0.6) is 11.5 Å². The lowest BCUT2D eigenvalue weighted by atomic mass is 10.1. The van der Waals surface area contributed by atoms with Crippen LogP contribution in [0, 0.1) is 5.82 Å². The van der Waals surface area contributed by atoms with Crippen LogP contribution >= 0.6 is 15.9 Å². The summed E-state index contributed by atoms with van der Waals surface area (Å²) in [6.45, 7) is 4.03. The van der Waals surface area contributed by atoms with Crippen LogP contribution in [0.2, 0.25) is 0 Å². The van der Waals surface area contributed by atoms with Gasteiger partial charge in [-0.15, -0.1) is 0 Å². The van der Waals surface area contributed by atoms with Crippen molar-refractivity contribution in [3.05, 3.63) is 21.9 Å². The predicted octanol–water partition coefficient (Wildman–Crippen LogP) is 1.71. The minimum absolute atomic E-state index is 0.0518. The Morgan fingerprint density at radius 1 is 1.50 bits per heavy atom. The standard InChI is InChI=1S/C12H16BrFN2O2/c1-18-10-6-9(14)8(11(13)12(10)17)7-16-4-2-15-3-5-16/h6,15,17H,2-5,7H2,1H3. The van der Waals surface area contributed by atoms with Crippen LogP contribution in [0.4, 0.5) is 4.39 Å². The first-order valence-electron chi connectivity index (χ1n) is 5.80. The van der Waals surface area contributed by atoms with Gasteiger partial charge in [0.2, 0.25) is 0 Å². The molecule has 1 aromatic carbocycles. The molecule has 0 atom stereocenters. The van der Waals surface area contributed by atoms with Gasteiger partial charge in [0.05, 0.1) is 11.6 Å². The van der Waals surface area contributed by atoms with Crippen molar-refractivity contribution in [2.24, 2.45) is 0 Å². The zero-order valence-corrected chi connectivity index (χ0v) is 11.8. The quantitative estimate of drug-likeness (QED) is 0.890. The monoisotopic (exact) mass is 318 g/mol. The number of piperazine rings is 1. The Hall–Kier alpha value is -0.850. The SMILES string of the molecule is COc1cc(F)c(CN2CCNCC2)c(Br)c1O. The van der Waals surface area contributed by atoms with E-state index >= 15 is 0 Å². The molecule has 6 heteroatoms. The predicted molar refractivity (Wildman–Crippen MR) is 70.5 cm³/mol. The highest BCUT2D eigenvalue weighted by molar-refractivity contribution is 9.10. The van der Waals surface area contributed by atoms with Gasteiger partial charge < -0.3 is 15.2 Å². The van der Waals surface area contributed by atoms with E-state index in [1.807, 2.05) is 0 Å². The molecule has 4 nitrogen and oxygen atoms in total. The number of hydrogen-bond donors (Lipinski definition) is 2. The van der Waals surface area contributed by atoms with E-state index in [1.54, 1.807) is 0 Å². The van der Waals surface area contributed by atoms with Gasteiger partial charge in [-0.2, -0.15) is 0 Å². The van der Waals surface area contributed by atoms with Gasteiger partial charge in [0.1, 0.15) is 5.82 Å². The van der Waals surface area contributed by atoms with E-state index in [-0.39, 0.29) is 17.3 Å². The fourth-order valence-corrected chi connectivity index (χ4v) is 2.53. The van der Waals surface area contributed by atoms with Gasteiger partial charge in [0.25, 0.3) is 0 Å². The van der Waals surface area contributed by atoms with Crippen LogP contribution < -0.4 is 10.1 Å². The molecule has 0 aromatic heterocycles. The highest BCUT2D eigenvalue weighted by atomic mass is 79.9. The van der Waals surface area contributed by atoms with Crippen molar-refractivity contribution in [3.63, 3.8) is 0 Å². The minimum Gasteiger partial charge on any atom is -0.503 e. The van der Waals surface area contributed by atoms with Gasteiger partial charge in [-0.1, -0.05) is 0 Å². The van der Waals surface area contributed by atoms with Gasteiger partial charge in [0.15, 0.2) is 11.5 Å². The molecular formula is C12H16BrFN2O2. The van der Waals surface area contributed by atoms with Crippen molar-refractivity contribution in [1.29, 1.82) is 0 Å². The molecule has 100 valence electrons. The topological polar surface area (TPSA) is 44.7 Å². The van der Waals surface area contributed by atoms with E-state index in [0.29, 0.717) is 16.6 Å². The largest absolute Gasteiger partial charge is 0.503 e. The smallest absolute Gasteiger partial charge is 0.172 e. The van der Waals surface area contributed by atoms with E-state index in [1.165, 1.54) is 13.2 Å². The minimum atomic E-state index is -0.366. The molecule has 0 aliphatic carbocycles. The van der Waals surface area contributed by atoms with Gasteiger partial charge in [-0.3, -0.25) is 4.90 Å². The average molecular weight is 319 g/mol. The van der Waals surface area contributed by atoms with Crippen LogP contribution in [-0.2, 0) is 6.54 Å². The third-order valence-corrected chi connectivity index (χ3v) is 3.92. The normalized spacial score (nSPS) is 16.8. The third kappa shape index (κ3) is 2.76. The van der Waals surface area contributed by atoms with Crippen molar-refractivity contribution in [1.82, 2.24) is 10.2 Å². The molecule has 1 aromatic rings. The van der Waals surface area contributed by atoms with E-state index in [2.05, 4.69) is 26.1 Å². The highest BCUT2D eigenvalue weighted by Gasteiger charge is 2.19. The van der Waals surface area contributed by atoms with E-state index < -0.39 is 0 Å². The Labute approximate surface area is 114 Å². The number of nitrogens with zero attached hydrogens (tertiary/aromatic N) is 1. The zero-order chi connectivity index (χ0) is 13.1.